The van der Waals surface area contributed by atoms with E-state index in [-0.39, 0.29) is 16.8 Å². The lowest BCUT2D eigenvalue weighted by molar-refractivity contribution is 0.0698. The summed E-state index contributed by atoms with van der Waals surface area (Å²) in [6.07, 6.45) is 0.841. The minimum absolute atomic E-state index is 0.0255. The second-order valence-corrected chi connectivity index (χ2v) is 6.27. The van der Waals surface area contributed by atoms with Gasteiger partial charge >= 0.3 is 12.0 Å². The fraction of sp³-hybridized carbons (Fsp3) is 0.286. The van der Waals surface area contributed by atoms with E-state index in [1.807, 2.05) is 32.0 Å². The van der Waals surface area contributed by atoms with Crippen LogP contribution in [0.2, 0.25) is 0 Å². The summed E-state index contributed by atoms with van der Waals surface area (Å²) in [6, 6.07) is 9.66. The molecule has 7 nitrogen and oxygen atoms in total. The molecule has 4 N–H and O–H groups in total. The lowest BCUT2D eigenvalue weighted by atomic mass is 10.0. The molecule has 0 bridgehead atoms. The lowest BCUT2D eigenvalue weighted by Crippen LogP contribution is -2.39. The van der Waals surface area contributed by atoms with E-state index in [0.717, 1.165) is 23.1 Å². The predicted molar refractivity (Wildman–Crippen MR) is 108 cm³/mol. The van der Waals surface area contributed by atoms with Gasteiger partial charge in [0.1, 0.15) is 0 Å². The van der Waals surface area contributed by atoms with E-state index in [1.54, 1.807) is 6.92 Å². The molecule has 2 aromatic rings. The number of rotatable bonds is 7. The van der Waals surface area contributed by atoms with Crippen LogP contribution in [0.4, 0.5) is 10.5 Å². The standard InChI is InChI=1S/C21H25N3O4/c1-4-14-9-6-8-13(3)17(14)12-23-21(28)24-19(25)15-10-7-11-16(20(26)27)18(15)22-5-2/h6-11,22H,4-5,12H2,1-3H3,(H,26,27)(H2,23,24,25,28). The lowest BCUT2D eigenvalue weighted by Gasteiger charge is -2.15. The van der Waals surface area contributed by atoms with Gasteiger partial charge in [-0.1, -0.05) is 31.2 Å². The van der Waals surface area contributed by atoms with Crippen molar-refractivity contribution in [2.45, 2.75) is 33.7 Å². The second-order valence-electron chi connectivity index (χ2n) is 6.27. The molecule has 2 rings (SSSR count). The van der Waals surface area contributed by atoms with Crippen molar-refractivity contribution in [2.75, 3.05) is 11.9 Å². The Bertz CT molecular complexity index is 893. The highest BCUT2D eigenvalue weighted by molar-refractivity contribution is 6.10. The number of hydrogen-bond donors (Lipinski definition) is 4. The SMILES string of the molecule is CCNc1c(C(=O)O)cccc1C(=O)NC(=O)NCc1c(C)cccc1CC. The number of imide groups is 1. The molecule has 3 amide bonds. The number of hydrogen-bond acceptors (Lipinski definition) is 4. The molecule has 0 heterocycles. The first-order chi connectivity index (χ1) is 13.4. The highest BCUT2D eigenvalue weighted by atomic mass is 16.4. The first-order valence-electron chi connectivity index (χ1n) is 9.15. The summed E-state index contributed by atoms with van der Waals surface area (Å²) in [5.41, 5.74) is 3.48. The fourth-order valence-electron chi connectivity index (χ4n) is 3.02. The normalized spacial score (nSPS) is 10.2. The Kier molecular flexibility index (Phi) is 7.14. The number of aryl methyl sites for hydroxylation is 2. The fourth-order valence-corrected chi connectivity index (χ4v) is 3.02. The van der Waals surface area contributed by atoms with Crippen LogP contribution in [0, 0.1) is 6.92 Å². The monoisotopic (exact) mass is 383 g/mol. The summed E-state index contributed by atoms with van der Waals surface area (Å²) in [5.74, 6) is -1.82. The molecule has 0 aromatic heterocycles. The third-order valence-corrected chi connectivity index (χ3v) is 4.43. The minimum atomic E-state index is -1.15. The molecule has 7 heteroatoms. The van der Waals surface area contributed by atoms with Gasteiger partial charge in [-0.3, -0.25) is 10.1 Å². The molecule has 148 valence electrons. The van der Waals surface area contributed by atoms with Gasteiger partial charge in [0.05, 0.1) is 16.8 Å². The number of urea groups is 1. The molecule has 0 saturated carbocycles. The van der Waals surface area contributed by atoms with Crippen LogP contribution in [0.15, 0.2) is 36.4 Å². The van der Waals surface area contributed by atoms with Gasteiger partial charge in [0, 0.05) is 13.1 Å². The van der Waals surface area contributed by atoms with Gasteiger partial charge in [-0.2, -0.15) is 0 Å². The summed E-state index contributed by atoms with van der Waals surface area (Å²) < 4.78 is 0. The quantitative estimate of drug-likeness (QED) is 0.587. The highest BCUT2D eigenvalue weighted by Gasteiger charge is 2.19. The van der Waals surface area contributed by atoms with Gasteiger partial charge in [0.25, 0.3) is 5.91 Å². The zero-order valence-electron chi connectivity index (χ0n) is 16.3. The average Bonchev–Trinajstić information content (AvgIpc) is 2.66. The molecular weight excluding hydrogens is 358 g/mol. The van der Waals surface area contributed by atoms with Crippen molar-refractivity contribution in [3.05, 3.63) is 64.2 Å². The molecule has 0 fully saturated rings. The van der Waals surface area contributed by atoms with Gasteiger partial charge in [-0.05, 0) is 49.1 Å². The Morgan fingerprint density at radius 1 is 1.00 bits per heavy atom. The van der Waals surface area contributed by atoms with Crippen LogP contribution in [-0.2, 0) is 13.0 Å². The molecule has 0 aliphatic rings. The Morgan fingerprint density at radius 2 is 1.68 bits per heavy atom. The maximum atomic E-state index is 12.5. The summed E-state index contributed by atoms with van der Waals surface area (Å²) in [6.45, 7) is 6.54. The second kappa shape index (κ2) is 9.55. The van der Waals surface area contributed by atoms with Crippen LogP contribution >= 0.6 is 0 Å². The Hall–Kier alpha value is -3.35. The van der Waals surface area contributed by atoms with Crippen molar-refractivity contribution < 1.29 is 19.5 Å². The molecule has 0 atom stereocenters. The van der Waals surface area contributed by atoms with Crippen LogP contribution in [-0.4, -0.2) is 29.6 Å². The van der Waals surface area contributed by atoms with Gasteiger partial charge in [-0.25, -0.2) is 9.59 Å². The summed E-state index contributed by atoms with van der Waals surface area (Å²) >= 11 is 0. The van der Waals surface area contributed by atoms with E-state index in [0.29, 0.717) is 13.1 Å². The zero-order chi connectivity index (χ0) is 20.7. The predicted octanol–water partition coefficient (Wildman–Crippen LogP) is 3.33. The smallest absolute Gasteiger partial charge is 0.337 e. The van der Waals surface area contributed by atoms with Gasteiger partial charge < -0.3 is 15.7 Å². The van der Waals surface area contributed by atoms with Crippen molar-refractivity contribution in [3.63, 3.8) is 0 Å². The molecule has 0 unspecified atom stereocenters. The first kappa shape index (κ1) is 21.0. The van der Waals surface area contributed by atoms with E-state index >= 15 is 0 Å². The van der Waals surface area contributed by atoms with E-state index < -0.39 is 17.9 Å². The van der Waals surface area contributed by atoms with Crippen LogP contribution in [0.1, 0.15) is 51.3 Å². The molecular formula is C21H25N3O4. The number of carbonyl (C=O) groups excluding carboxylic acids is 2. The Balaban J connectivity index is 2.12. The summed E-state index contributed by atoms with van der Waals surface area (Å²) in [7, 11) is 0. The maximum absolute atomic E-state index is 12.5. The van der Waals surface area contributed by atoms with E-state index in [1.165, 1.54) is 18.2 Å². The topological polar surface area (TPSA) is 108 Å². The van der Waals surface area contributed by atoms with Gasteiger partial charge in [-0.15, -0.1) is 0 Å². The number of amides is 3. The number of carbonyl (C=O) groups is 3. The number of nitrogens with one attached hydrogen (secondary N) is 3. The number of carboxylic acids is 1. The van der Waals surface area contributed by atoms with E-state index in [2.05, 4.69) is 16.0 Å². The van der Waals surface area contributed by atoms with E-state index in [9.17, 15) is 19.5 Å². The Labute approximate surface area is 164 Å². The number of aromatic carboxylic acids is 1. The van der Waals surface area contributed by atoms with Crippen LogP contribution in [0.25, 0.3) is 0 Å². The first-order valence-corrected chi connectivity index (χ1v) is 9.15. The Morgan fingerprint density at radius 3 is 2.32 bits per heavy atom. The molecule has 0 spiro atoms. The third-order valence-electron chi connectivity index (χ3n) is 4.43. The third kappa shape index (κ3) is 4.88. The minimum Gasteiger partial charge on any atom is -0.478 e. The number of anilines is 1. The largest absolute Gasteiger partial charge is 0.478 e. The van der Waals surface area contributed by atoms with Crippen LogP contribution in [0.5, 0.6) is 0 Å². The van der Waals surface area contributed by atoms with Gasteiger partial charge in [0.15, 0.2) is 0 Å². The number of carboxylic acid groups (broad SMARTS) is 1. The summed E-state index contributed by atoms with van der Waals surface area (Å²) in [5, 5.41) is 17.2. The van der Waals surface area contributed by atoms with Gasteiger partial charge in [0.2, 0.25) is 0 Å². The zero-order valence-corrected chi connectivity index (χ0v) is 16.3. The van der Waals surface area contributed by atoms with Crippen LogP contribution < -0.4 is 16.0 Å². The molecule has 0 saturated heterocycles. The molecule has 2 aromatic carbocycles. The molecule has 0 radical (unpaired) electrons. The maximum Gasteiger partial charge on any atom is 0.337 e. The summed E-state index contributed by atoms with van der Waals surface area (Å²) in [4.78, 5) is 36.1. The molecule has 0 aliphatic carbocycles. The van der Waals surface area contributed by atoms with Crippen molar-refractivity contribution in [3.8, 4) is 0 Å². The van der Waals surface area contributed by atoms with Crippen molar-refractivity contribution in [1.29, 1.82) is 0 Å². The molecule has 0 aliphatic heterocycles. The van der Waals surface area contributed by atoms with Crippen molar-refractivity contribution in [1.82, 2.24) is 10.6 Å². The van der Waals surface area contributed by atoms with Crippen molar-refractivity contribution >= 4 is 23.6 Å². The average molecular weight is 383 g/mol. The highest BCUT2D eigenvalue weighted by Crippen LogP contribution is 2.21. The molecule has 28 heavy (non-hydrogen) atoms. The van der Waals surface area contributed by atoms with E-state index in [4.69, 9.17) is 0 Å². The van der Waals surface area contributed by atoms with Crippen molar-refractivity contribution in [2.24, 2.45) is 0 Å². The number of para-hydroxylation sites is 1. The van der Waals surface area contributed by atoms with Crippen LogP contribution in [0.3, 0.4) is 0 Å². The number of benzene rings is 2.